The summed E-state index contributed by atoms with van der Waals surface area (Å²) in [5, 5.41) is 2.39. The predicted octanol–water partition coefficient (Wildman–Crippen LogP) is 4.09. The van der Waals surface area contributed by atoms with Crippen molar-refractivity contribution in [2.75, 3.05) is 18.8 Å². The van der Waals surface area contributed by atoms with E-state index in [0.29, 0.717) is 23.4 Å². The van der Waals surface area contributed by atoms with Gasteiger partial charge in [0, 0.05) is 24.3 Å². The normalized spacial score (nSPS) is 21.9. The number of hydrogen-bond donors (Lipinski definition) is 1. The average Bonchev–Trinajstić information content (AvgIpc) is 3.45. The van der Waals surface area contributed by atoms with Crippen LogP contribution in [0.25, 0.3) is 0 Å². The molecule has 178 valence electrons. The first-order valence-corrected chi connectivity index (χ1v) is 12.4. The predicted molar refractivity (Wildman–Crippen MR) is 132 cm³/mol. The van der Waals surface area contributed by atoms with Crippen LogP contribution in [-0.2, 0) is 21.5 Å². The number of benzene rings is 3. The monoisotopic (exact) mass is 489 g/mol. The van der Waals surface area contributed by atoms with E-state index in [1.165, 1.54) is 17.8 Å². The molecule has 2 atom stereocenters. The molecular weight excluding hydrogens is 465 g/mol. The van der Waals surface area contributed by atoms with Gasteiger partial charge in [0.2, 0.25) is 5.91 Å². The van der Waals surface area contributed by atoms with Crippen LogP contribution in [0.15, 0.2) is 84.9 Å². The smallest absolute Gasteiger partial charge is 0.324 e. The summed E-state index contributed by atoms with van der Waals surface area (Å²) in [6.07, 6.45) is 0.254. The lowest BCUT2D eigenvalue weighted by Crippen LogP contribution is -2.47. The van der Waals surface area contributed by atoms with Crippen molar-refractivity contribution in [3.05, 3.63) is 107 Å². The molecule has 0 unspecified atom stereocenters. The zero-order chi connectivity index (χ0) is 24.4. The number of halogens is 1. The Labute approximate surface area is 207 Å². The highest BCUT2D eigenvalue weighted by molar-refractivity contribution is 7.99. The van der Waals surface area contributed by atoms with Gasteiger partial charge in [0.05, 0.1) is 0 Å². The molecule has 8 heteroatoms. The highest BCUT2D eigenvalue weighted by Crippen LogP contribution is 2.39. The summed E-state index contributed by atoms with van der Waals surface area (Å²) >= 11 is 1.47. The SMILES string of the molecule is O=C1N[C@@](Cc2ccccc2)(c2ccccc2)C(=O)N1CC(=O)N1CCS[C@H]1c1ccccc1F. The van der Waals surface area contributed by atoms with Gasteiger partial charge in [-0.1, -0.05) is 78.9 Å². The summed E-state index contributed by atoms with van der Waals surface area (Å²) in [5.41, 5.74) is 0.639. The zero-order valence-electron chi connectivity index (χ0n) is 18.9. The molecule has 5 rings (SSSR count). The maximum Gasteiger partial charge on any atom is 0.325 e. The van der Waals surface area contributed by atoms with Gasteiger partial charge in [-0.25, -0.2) is 9.18 Å². The minimum atomic E-state index is -1.31. The first kappa shape index (κ1) is 23.1. The van der Waals surface area contributed by atoms with E-state index < -0.39 is 35.3 Å². The fourth-order valence-corrected chi connectivity index (χ4v) is 6.00. The molecule has 35 heavy (non-hydrogen) atoms. The van der Waals surface area contributed by atoms with Crippen molar-refractivity contribution < 1.29 is 18.8 Å². The summed E-state index contributed by atoms with van der Waals surface area (Å²) < 4.78 is 14.4. The molecule has 3 aromatic rings. The molecule has 4 amide bonds. The molecule has 2 aliphatic rings. The van der Waals surface area contributed by atoms with Gasteiger partial charge in [-0.15, -0.1) is 11.8 Å². The van der Waals surface area contributed by atoms with E-state index in [0.717, 1.165) is 10.5 Å². The topological polar surface area (TPSA) is 69.7 Å². The van der Waals surface area contributed by atoms with Crippen LogP contribution in [0.5, 0.6) is 0 Å². The van der Waals surface area contributed by atoms with Crippen LogP contribution in [-0.4, -0.2) is 46.5 Å². The van der Waals surface area contributed by atoms with Gasteiger partial charge in [-0.3, -0.25) is 14.5 Å². The number of carbonyl (C=O) groups is 3. The Kier molecular flexibility index (Phi) is 6.30. The van der Waals surface area contributed by atoms with Gasteiger partial charge < -0.3 is 10.2 Å². The van der Waals surface area contributed by atoms with Crippen LogP contribution in [0, 0.1) is 5.82 Å². The van der Waals surface area contributed by atoms with E-state index in [2.05, 4.69) is 5.32 Å². The zero-order valence-corrected chi connectivity index (χ0v) is 19.7. The summed E-state index contributed by atoms with van der Waals surface area (Å²) in [6.45, 7) is 0.0134. The first-order valence-electron chi connectivity index (χ1n) is 11.4. The number of thioether (sulfide) groups is 1. The largest absolute Gasteiger partial charge is 0.325 e. The molecule has 0 saturated carbocycles. The van der Waals surface area contributed by atoms with Gasteiger partial charge in [0.25, 0.3) is 5.91 Å². The summed E-state index contributed by atoms with van der Waals surface area (Å²) in [7, 11) is 0. The summed E-state index contributed by atoms with van der Waals surface area (Å²) in [6, 6.07) is 24.3. The number of imide groups is 1. The molecule has 0 aliphatic carbocycles. The lowest BCUT2D eigenvalue weighted by atomic mass is 9.83. The first-order chi connectivity index (χ1) is 17.0. The molecule has 6 nitrogen and oxygen atoms in total. The number of nitrogens with one attached hydrogen (secondary N) is 1. The molecule has 2 aliphatic heterocycles. The molecule has 0 bridgehead atoms. The minimum Gasteiger partial charge on any atom is -0.324 e. The van der Waals surface area contributed by atoms with Gasteiger partial charge in [0.1, 0.15) is 17.7 Å². The van der Waals surface area contributed by atoms with Crippen molar-refractivity contribution in [1.29, 1.82) is 0 Å². The number of carbonyl (C=O) groups excluding carboxylic acids is 3. The standard InChI is InChI=1S/C27H24FN3O3S/c28-22-14-8-7-13-21(22)24-30(15-16-35-24)23(32)18-31-25(33)27(29-26(31)34,20-11-5-2-6-12-20)17-19-9-3-1-4-10-19/h1-14,24H,15-18H2,(H,29,34)/t24-,27-/m0/s1. The fourth-order valence-electron chi connectivity index (χ4n) is 4.70. The quantitative estimate of drug-likeness (QED) is 0.530. The van der Waals surface area contributed by atoms with Gasteiger partial charge in [0.15, 0.2) is 5.54 Å². The van der Waals surface area contributed by atoms with E-state index in [1.807, 2.05) is 48.5 Å². The Morgan fingerprint density at radius 1 is 0.971 bits per heavy atom. The van der Waals surface area contributed by atoms with Crippen molar-refractivity contribution in [2.24, 2.45) is 0 Å². The van der Waals surface area contributed by atoms with Crippen molar-refractivity contribution in [3.63, 3.8) is 0 Å². The minimum absolute atomic E-state index is 0.254. The maximum atomic E-state index is 14.4. The third-order valence-electron chi connectivity index (χ3n) is 6.43. The second-order valence-corrected chi connectivity index (χ2v) is 9.78. The van der Waals surface area contributed by atoms with Crippen molar-refractivity contribution in [2.45, 2.75) is 17.3 Å². The summed E-state index contributed by atoms with van der Waals surface area (Å²) in [4.78, 5) is 42.7. The third kappa shape index (κ3) is 4.30. The fraction of sp³-hybridized carbons (Fsp3) is 0.222. The Balaban J connectivity index is 1.42. The molecule has 2 fully saturated rings. The second-order valence-electron chi connectivity index (χ2n) is 8.59. The van der Waals surface area contributed by atoms with E-state index in [9.17, 15) is 18.8 Å². The maximum absolute atomic E-state index is 14.4. The average molecular weight is 490 g/mol. The van der Waals surface area contributed by atoms with Gasteiger partial charge in [-0.2, -0.15) is 0 Å². The lowest BCUT2D eigenvalue weighted by molar-refractivity contribution is -0.139. The van der Waals surface area contributed by atoms with Gasteiger partial charge >= 0.3 is 6.03 Å². The highest BCUT2D eigenvalue weighted by Gasteiger charge is 2.53. The van der Waals surface area contributed by atoms with Crippen LogP contribution < -0.4 is 5.32 Å². The van der Waals surface area contributed by atoms with E-state index >= 15 is 0 Å². The summed E-state index contributed by atoms with van der Waals surface area (Å²) in [5.74, 6) is -0.603. The van der Waals surface area contributed by atoms with Crippen molar-refractivity contribution in [1.82, 2.24) is 15.1 Å². The molecule has 0 aromatic heterocycles. The number of urea groups is 1. The van der Waals surface area contributed by atoms with Gasteiger partial charge in [-0.05, 0) is 17.2 Å². The Hall–Kier alpha value is -3.65. The van der Waals surface area contributed by atoms with Crippen molar-refractivity contribution >= 4 is 29.6 Å². The van der Waals surface area contributed by atoms with E-state index in [4.69, 9.17) is 0 Å². The molecule has 2 heterocycles. The third-order valence-corrected chi connectivity index (χ3v) is 7.67. The number of amides is 4. The molecule has 1 N–H and O–H groups in total. The van der Waals surface area contributed by atoms with Crippen LogP contribution in [0.3, 0.4) is 0 Å². The lowest BCUT2D eigenvalue weighted by Gasteiger charge is -2.28. The van der Waals surface area contributed by atoms with Crippen LogP contribution in [0.2, 0.25) is 0 Å². The number of rotatable bonds is 6. The highest BCUT2D eigenvalue weighted by atomic mass is 32.2. The Bertz CT molecular complexity index is 1260. The molecule has 0 spiro atoms. The molecule has 0 radical (unpaired) electrons. The van der Waals surface area contributed by atoms with Crippen LogP contribution >= 0.6 is 11.8 Å². The van der Waals surface area contributed by atoms with E-state index in [-0.39, 0.29) is 12.2 Å². The Morgan fingerprint density at radius 2 is 1.63 bits per heavy atom. The Morgan fingerprint density at radius 3 is 2.34 bits per heavy atom. The number of hydrogen-bond acceptors (Lipinski definition) is 4. The van der Waals surface area contributed by atoms with E-state index in [1.54, 1.807) is 35.2 Å². The molecule has 2 saturated heterocycles. The molecule has 3 aromatic carbocycles. The van der Waals surface area contributed by atoms with Crippen molar-refractivity contribution in [3.8, 4) is 0 Å². The number of nitrogens with zero attached hydrogens (tertiary/aromatic N) is 2. The van der Waals surface area contributed by atoms with Crippen LogP contribution in [0.1, 0.15) is 22.1 Å². The van der Waals surface area contributed by atoms with Crippen LogP contribution in [0.4, 0.5) is 9.18 Å². The second kappa shape index (κ2) is 9.54. The molecular formula is C27H24FN3O3S.